The molecule has 2 aromatic heterocycles. The van der Waals surface area contributed by atoms with Gasteiger partial charge in [-0.2, -0.15) is 0 Å². The number of hydrogen-bond acceptors (Lipinski definition) is 6. The molecule has 8 heteroatoms. The number of allylic oxidation sites excluding steroid dienone is 1. The van der Waals surface area contributed by atoms with Crippen LogP contribution in [0.5, 0.6) is 0 Å². The van der Waals surface area contributed by atoms with Crippen LogP contribution in [-0.4, -0.2) is 33.5 Å². The molecule has 1 saturated carbocycles. The van der Waals surface area contributed by atoms with Crippen molar-refractivity contribution in [1.29, 1.82) is 0 Å². The summed E-state index contributed by atoms with van der Waals surface area (Å²) in [6.07, 6.45) is 6.73. The molecule has 1 aliphatic carbocycles. The largest absolute Gasteiger partial charge is 0.460 e. The number of esters is 1. The molecule has 35 heavy (non-hydrogen) atoms. The van der Waals surface area contributed by atoms with Crippen molar-refractivity contribution in [2.45, 2.75) is 44.8 Å². The van der Waals surface area contributed by atoms with E-state index in [1.54, 1.807) is 25.3 Å². The fourth-order valence-corrected chi connectivity index (χ4v) is 5.55. The van der Waals surface area contributed by atoms with Crippen LogP contribution in [0.25, 0.3) is 17.2 Å². The van der Waals surface area contributed by atoms with Gasteiger partial charge in [0.2, 0.25) is 0 Å². The second-order valence-corrected chi connectivity index (χ2v) is 9.52. The molecule has 5 rings (SSSR count). The van der Waals surface area contributed by atoms with Crippen LogP contribution < -0.4 is 5.32 Å². The van der Waals surface area contributed by atoms with Gasteiger partial charge < -0.3 is 14.5 Å². The van der Waals surface area contributed by atoms with E-state index >= 15 is 8.78 Å². The summed E-state index contributed by atoms with van der Waals surface area (Å²) in [6, 6.07) is 11.9. The first-order chi connectivity index (χ1) is 16.7. The van der Waals surface area contributed by atoms with Gasteiger partial charge in [0.05, 0.1) is 11.9 Å². The Morgan fingerprint density at radius 1 is 1.14 bits per heavy atom. The molecule has 2 fully saturated rings. The number of nitrogens with one attached hydrogen (secondary N) is 1. The Balaban J connectivity index is 1.47. The highest BCUT2D eigenvalue weighted by Crippen LogP contribution is 2.56. The lowest BCUT2D eigenvalue weighted by molar-refractivity contribution is -0.153. The van der Waals surface area contributed by atoms with Gasteiger partial charge in [-0.1, -0.05) is 43.3 Å². The average molecular weight is 480 g/mol. The highest BCUT2D eigenvalue weighted by Gasteiger charge is 2.68. The third-order valence-corrected chi connectivity index (χ3v) is 7.40. The maximum absolute atomic E-state index is 15.3. The first-order valence-corrected chi connectivity index (χ1v) is 11.7. The van der Waals surface area contributed by atoms with E-state index in [0.29, 0.717) is 5.69 Å². The lowest BCUT2D eigenvalue weighted by atomic mass is 9.60. The molecule has 1 N–H and O–H groups in total. The highest BCUT2D eigenvalue weighted by atomic mass is 19.3. The molecule has 0 spiro atoms. The van der Waals surface area contributed by atoms with E-state index in [9.17, 15) is 4.79 Å². The number of alkyl halides is 2. The first kappa shape index (κ1) is 23.2. The number of carbonyl (C=O) groups excluding carboxylic acids is 1. The molecule has 182 valence electrons. The molecule has 1 saturated heterocycles. The van der Waals surface area contributed by atoms with Crippen molar-refractivity contribution >= 4 is 18.1 Å². The Labute approximate surface area is 202 Å². The van der Waals surface area contributed by atoms with Crippen molar-refractivity contribution in [3.63, 3.8) is 0 Å². The maximum atomic E-state index is 15.3. The standard InChI is InChI=1S/C27H27F2N3O3/c1-16-6-4-5-7-21(16)19-8-9-20(31-14-19)10-11-22-17(2)27(28,29)15-26(32-25-30-12-13-34-25)23(22)18(3)35-24(26)33/h4-14,17-18,22-23H,15H2,1-3H3,(H,30,32)/b11-10+/t17-,18+,22-,23-,26-/m0/s1. The van der Waals surface area contributed by atoms with E-state index < -0.39 is 47.7 Å². The molecule has 0 unspecified atom stereocenters. The van der Waals surface area contributed by atoms with Crippen LogP contribution in [0.15, 0.2) is 65.5 Å². The van der Waals surface area contributed by atoms with Gasteiger partial charge in [0, 0.05) is 30.0 Å². The third-order valence-electron chi connectivity index (χ3n) is 7.40. The van der Waals surface area contributed by atoms with E-state index in [-0.39, 0.29) is 6.01 Å². The Kier molecular flexibility index (Phi) is 5.69. The summed E-state index contributed by atoms with van der Waals surface area (Å²) >= 11 is 0. The molecule has 1 aromatic carbocycles. The number of oxazole rings is 1. The van der Waals surface area contributed by atoms with E-state index in [2.05, 4.69) is 15.3 Å². The van der Waals surface area contributed by atoms with Gasteiger partial charge in [-0.3, -0.25) is 4.98 Å². The molecular weight excluding hydrogens is 452 g/mol. The van der Waals surface area contributed by atoms with Gasteiger partial charge in [-0.05, 0) is 43.0 Å². The number of benzene rings is 1. The van der Waals surface area contributed by atoms with E-state index in [1.807, 2.05) is 43.3 Å². The number of carbonyl (C=O) groups is 1. The fraction of sp³-hybridized carbons (Fsp3) is 0.370. The molecule has 0 amide bonds. The van der Waals surface area contributed by atoms with Crippen LogP contribution in [0.2, 0.25) is 0 Å². The summed E-state index contributed by atoms with van der Waals surface area (Å²) in [4.78, 5) is 21.5. The molecule has 5 atom stereocenters. The third kappa shape index (κ3) is 4.00. The Morgan fingerprint density at radius 2 is 1.94 bits per heavy atom. The number of pyridine rings is 1. The van der Waals surface area contributed by atoms with Crippen molar-refractivity contribution in [3.8, 4) is 11.1 Å². The van der Waals surface area contributed by atoms with Crippen molar-refractivity contribution in [2.24, 2.45) is 17.8 Å². The molecule has 2 aliphatic rings. The molecule has 6 nitrogen and oxygen atoms in total. The Hall–Kier alpha value is -3.55. The molecule has 1 aliphatic heterocycles. The number of halogens is 2. The summed E-state index contributed by atoms with van der Waals surface area (Å²) in [6.45, 7) is 5.31. The van der Waals surface area contributed by atoms with Crippen LogP contribution in [0, 0.1) is 24.7 Å². The molecule has 0 bridgehead atoms. The average Bonchev–Trinajstić information content (AvgIpc) is 3.41. The van der Waals surface area contributed by atoms with Gasteiger partial charge in [-0.15, -0.1) is 0 Å². The summed E-state index contributed by atoms with van der Waals surface area (Å²) < 4.78 is 41.4. The second-order valence-electron chi connectivity index (χ2n) is 9.52. The number of rotatable bonds is 5. The van der Waals surface area contributed by atoms with Gasteiger partial charge in [-0.25, -0.2) is 18.6 Å². The van der Waals surface area contributed by atoms with Gasteiger partial charge in [0.1, 0.15) is 12.4 Å². The van der Waals surface area contributed by atoms with Crippen LogP contribution in [0.4, 0.5) is 14.8 Å². The number of aryl methyl sites for hydroxylation is 1. The number of aromatic nitrogens is 2. The predicted octanol–water partition coefficient (Wildman–Crippen LogP) is 5.76. The predicted molar refractivity (Wildman–Crippen MR) is 128 cm³/mol. The van der Waals surface area contributed by atoms with Crippen molar-refractivity contribution in [3.05, 3.63) is 72.4 Å². The minimum Gasteiger partial charge on any atom is -0.460 e. The Bertz CT molecular complexity index is 1240. The van der Waals surface area contributed by atoms with E-state index in [1.165, 1.54) is 19.4 Å². The summed E-state index contributed by atoms with van der Waals surface area (Å²) in [5.74, 6) is -6.03. The summed E-state index contributed by atoms with van der Waals surface area (Å²) in [5.41, 5.74) is 2.22. The van der Waals surface area contributed by atoms with Crippen molar-refractivity contribution in [2.75, 3.05) is 5.32 Å². The van der Waals surface area contributed by atoms with E-state index in [4.69, 9.17) is 9.15 Å². The summed E-state index contributed by atoms with van der Waals surface area (Å²) in [5, 5.41) is 2.87. The summed E-state index contributed by atoms with van der Waals surface area (Å²) in [7, 11) is 0. The topological polar surface area (TPSA) is 77.2 Å². The van der Waals surface area contributed by atoms with Gasteiger partial charge in [0.15, 0.2) is 5.54 Å². The highest BCUT2D eigenvalue weighted by molar-refractivity contribution is 5.87. The second kappa shape index (κ2) is 8.59. The lowest BCUT2D eigenvalue weighted by Crippen LogP contribution is -2.61. The van der Waals surface area contributed by atoms with Gasteiger partial charge in [0.25, 0.3) is 11.9 Å². The SMILES string of the molecule is Cc1ccccc1-c1ccc(/C=C/[C@@H]2[C@@H]3[C@@H](C)OC(=O)[C@]3(Nc3ncco3)CC(F)(F)[C@H]2C)nc1. The molecule has 0 radical (unpaired) electrons. The number of anilines is 1. The number of nitrogens with zero attached hydrogens (tertiary/aromatic N) is 2. The molecule has 3 aromatic rings. The number of fused-ring (bicyclic) bond motifs is 1. The van der Waals surface area contributed by atoms with Crippen molar-refractivity contribution in [1.82, 2.24) is 9.97 Å². The molecular formula is C27H27F2N3O3. The maximum Gasteiger partial charge on any atom is 0.332 e. The van der Waals surface area contributed by atoms with Crippen molar-refractivity contribution < 1.29 is 22.7 Å². The fourth-order valence-electron chi connectivity index (χ4n) is 5.55. The normalized spacial score (nSPS) is 29.7. The minimum atomic E-state index is -3.11. The number of cyclic esters (lactones) is 1. The molecule has 3 heterocycles. The van der Waals surface area contributed by atoms with Crippen LogP contribution in [-0.2, 0) is 9.53 Å². The van der Waals surface area contributed by atoms with Gasteiger partial charge >= 0.3 is 5.97 Å². The smallest absolute Gasteiger partial charge is 0.332 e. The minimum absolute atomic E-state index is 0.0163. The number of ether oxygens (including phenoxy) is 1. The zero-order valence-electron chi connectivity index (χ0n) is 19.7. The monoisotopic (exact) mass is 479 g/mol. The zero-order valence-corrected chi connectivity index (χ0v) is 19.7. The van der Waals surface area contributed by atoms with Crippen LogP contribution >= 0.6 is 0 Å². The van der Waals surface area contributed by atoms with Crippen LogP contribution in [0.3, 0.4) is 0 Å². The van der Waals surface area contributed by atoms with Crippen LogP contribution in [0.1, 0.15) is 31.5 Å². The first-order valence-electron chi connectivity index (χ1n) is 11.7. The Morgan fingerprint density at radius 3 is 2.63 bits per heavy atom. The zero-order chi connectivity index (χ0) is 24.8. The number of hydrogen-bond donors (Lipinski definition) is 1. The quantitative estimate of drug-likeness (QED) is 0.469. The lowest BCUT2D eigenvalue weighted by Gasteiger charge is -2.47. The van der Waals surface area contributed by atoms with E-state index in [0.717, 1.165) is 16.7 Å².